The van der Waals surface area contributed by atoms with Gasteiger partial charge in [-0.1, -0.05) is 12.1 Å². The Bertz CT molecular complexity index is 767. The molecule has 20 heavy (non-hydrogen) atoms. The molecule has 2 heterocycles. The SMILES string of the molecule is CC(Nc1nccn2nccc12)c1ccc(C#N)cc1. The molecule has 0 fully saturated rings. The summed E-state index contributed by atoms with van der Waals surface area (Å²) in [5.41, 5.74) is 2.71. The summed E-state index contributed by atoms with van der Waals surface area (Å²) >= 11 is 0. The fourth-order valence-corrected chi connectivity index (χ4v) is 2.10. The van der Waals surface area contributed by atoms with Crippen LogP contribution in [-0.2, 0) is 0 Å². The maximum atomic E-state index is 8.81. The summed E-state index contributed by atoms with van der Waals surface area (Å²) in [4.78, 5) is 4.35. The molecule has 1 aromatic carbocycles. The van der Waals surface area contributed by atoms with Crippen molar-refractivity contribution in [3.05, 3.63) is 60.0 Å². The molecule has 98 valence electrons. The Morgan fingerprint density at radius 1 is 1.20 bits per heavy atom. The number of nitriles is 1. The van der Waals surface area contributed by atoms with Crippen LogP contribution in [0.15, 0.2) is 48.9 Å². The second-order valence-corrected chi connectivity index (χ2v) is 4.54. The minimum Gasteiger partial charge on any atom is -0.362 e. The Balaban J connectivity index is 1.86. The van der Waals surface area contributed by atoms with Crippen molar-refractivity contribution in [2.75, 3.05) is 5.32 Å². The van der Waals surface area contributed by atoms with E-state index in [0.717, 1.165) is 16.9 Å². The van der Waals surface area contributed by atoms with Crippen molar-refractivity contribution in [3.63, 3.8) is 0 Å². The molecule has 1 atom stereocenters. The summed E-state index contributed by atoms with van der Waals surface area (Å²) in [5.74, 6) is 0.793. The molecule has 1 N–H and O–H groups in total. The minimum absolute atomic E-state index is 0.0938. The monoisotopic (exact) mass is 263 g/mol. The Morgan fingerprint density at radius 2 is 2.00 bits per heavy atom. The highest BCUT2D eigenvalue weighted by Crippen LogP contribution is 2.21. The minimum atomic E-state index is 0.0938. The average Bonchev–Trinajstić information content (AvgIpc) is 2.97. The van der Waals surface area contributed by atoms with Crippen LogP contribution in [0.4, 0.5) is 5.82 Å². The highest BCUT2D eigenvalue weighted by atomic mass is 15.2. The Hall–Kier alpha value is -2.87. The van der Waals surface area contributed by atoms with Crippen molar-refractivity contribution < 1.29 is 0 Å². The molecule has 0 aliphatic rings. The van der Waals surface area contributed by atoms with Crippen LogP contribution in [0.5, 0.6) is 0 Å². The van der Waals surface area contributed by atoms with Gasteiger partial charge in [0.2, 0.25) is 0 Å². The van der Waals surface area contributed by atoms with Crippen LogP contribution in [0.3, 0.4) is 0 Å². The third kappa shape index (κ3) is 2.19. The molecule has 0 spiro atoms. The van der Waals surface area contributed by atoms with E-state index in [4.69, 9.17) is 5.26 Å². The Kier molecular flexibility index (Phi) is 3.05. The highest BCUT2D eigenvalue weighted by molar-refractivity contribution is 5.67. The van der Waals surface area contributed by atoms with E-state index in [1.165, 1.54) is 0 Å². The molecule has 3 rings (SSSR count). The van der Waals surface area contributed by atoms with Crippen LogP contribution in [0.1, 0.15) is 24.1 Å². The van der Waals surface area contributed by atoms with Gasteiger partial charge in [0.05, 0.1) is 23.9 Å². The van der Waals surface area contributed by atoms with Gasteiger partial charge in [-0.25, -0.2) is 9.50 Å². The highest BCUT2D eigenvalue weighted by Gasteiger charge is 2.09. The Morgan fingerprint density at radius 3 is 2.75 bits per heavy atom. The molecule has 0 aliphatic carbocycles. The number of anilines is 1. The fourth-order valence-electron chi connectivity index (χ4n) is 2.10. The van der Waals surface area contributed by atoms with Crippen molar-refractivity contribution in [1.82, 2.24) is 14.6 Å². The van der Waals surface area contributed by atoms with E-state index < -0.39 is 0 Å². The number of nitrogens with one attached hydrogen (secondary N) is 1. The normalized spacial score (nSPS) is 12.0. The predicted octanol–water partition coefficient (Wildman–Crippen LogP) is 2.77. The van der Waals surface area contributed by atoms with Gasteiger partial charge in [0, 0.05) is 12.4 Å². The summed E-state index contributed by atoms with van der Waals surface area (Å²) in [5, 5.41) is 16.4. The number of hydrogen-bond acceptors (Lipinski definition) is 4. The van der Waals surface area contributed by atoms with Crippen LogP contribution in [0.25, 0.3) is 5.52 Å². The van der Waals surface area contributed by atoms with Crippen LogP contribution in [0.2, 0.25) is 0 Å². The van der Waals surface area contributed by atoms with E-state index in [0.29, 0.717) is 5.56 Å². The summed E-state index contributed by atoms with van der Waals surface area (Å²) in [6.07, 6.45) is 5.27. The Labute approximate surface area is 116 Å². The maximum absolute atomic E-state index is 8.81. The lowest BCUT2D eigenvalue weighted by atomic mass is 10.1. The number of nitrogens with zero attached hydrogens (tertiary/aromatic N) is 4. The van der Waals surface area contributed by atoms with E-state index in [2.05, 4.69) is 28.4 Å². The molecule has 0 radical (unpaired) electrons. The van der Waals surface area contributed by atoms with Gasteiger partial charge in [0.1, 0.15) is 5.52 Å². The number of aromatic nitrogens is 3. The van der Waals surface area contributed by atoms with Crippen LogP contribution < -0.4 is 5.32 Å². The zero-order valence-corrected chi connectivity index (χ0v) is 11.0. The van der Waals surface area contributed by atoms with Crippen LogP contribution in [0, 0.1) is 11.3 Å². The van der Waals surface area contributed by atoms with Gasteiger partial charge in [0.15, 0.2) is 5.82 Å². The topological polar surface area (TPSA) is 66.0 Å². The third-order valence-corrected chi connectivity index (χ3v) is 3.22. The summed E-state index contributed by atoms with van der Waals surface area (Å²) in [6.45, 7) is 2.06. The van der Waals surface area contributed by atoms with Crippen molar-refractivity contribution in [2.24, 2.45) is 0 Å². The van der Waals surface area contributed by atoms with Crippen molar-refractivity contribution in [3.8, 4) is 6.07 Å². The first-order valence-corrected chi connectivity index (χ1v) is 6.33. The molecule has 1 unspecified atom stereocenters. The van der Waals surface area contributed by atoms with Crippen molar-refractivity contribution >= 4 is 11.3 Å². The second kappa shape index (κ2) is 5.02. The van der Waals surface area contributed by atoms with Crippen LogP contribution in [-0.4, -0.2) is 14.6 Å². The maximum Gasteiger partial charge on any atom is 0.152 e. The van der Waals surface area contributed by atoms with E-state index in [9.17, 15) is 0 Å². The first kappa shape index (κ1) is 12.2. The first-order chi connectivity index (χ1) is 9.78. The molecular formula is C15H13N5. The largest absolute Gasteiger partial charge is 0.362 e. The molecule has 5 heteroatoms. The van der Waals surface area contributed by atoms with Gasteiger partial charge >= 0.3 is 0 Å². The standard InChI is InChI=1S/C15H13N5/c1-11(13-4-2-12(10-16)3-5-13)19-15-14-6-7-18-20(14)9-8-17-15/h2-9,11H,1H3,(H,17,19). The lowest BCUT2D eigenvalue weighted by molar-refractivity contribution is 0.866. The molecule has 2 aromatic heterocycles. The lowest BCUT2D eigenvalue weighted by Gasteiger charge is -2.15. The molecule has 0 saturated heterocycles. The quantitative estimate of drug-likeness (QED) is 0.789. The van der Waals surface area contributed by atoms with Gasteiger partial charge in [-0.2, -0.15) is 10.4 Å². The molecule has 0 bridgehead atoms. The van der Waals surface area contributed by atoms with Gasteiger partial charge in [-0.15, -0.1) is 0 Å². The summed E-state index contributed by atoms with van der Waals surface area (Å²) in [7, 11) is 0. The zero-order valence-electron chi connectivity index (χ0n) is 11.0. The van der Waals surface area contributed by atoms with Gasteiger partial charge in [0.25, 0.3) is 0 Å². The average molecular weight is 263 g/mol. The second-order valence-electron chi connectivity index (χ2n) is 4.54. The lowest BCUT2D eigenvalue weighted by Crippen LogP contribution is -2.09. The molecule has 0 saturated carbocycles. The number of hydrogen-bond donors (Lipinski definition) is 1. The third-order valence-electron chi connectivity index (χ3n) is 3.22. The van der Waals surface area contributed by atoms with Crippen molar-refractivity contribution in [2.45, 2.75) is 13.0 Å². The number of benzene rings is 1. The van der Waals surface area contributed by atoms with E-state index in [-0.39, 0.29) is 6.04 Å². The molecule has 0 aliphatic heterocycles. The summed E-state index contributed by atoms with van der Waals surface area (Å²) in [6, 6.07) is 11.7. The summed E-state index contributed by atoms with van der Waals surface area (Å²) < 4.78 is 1.78. The van der Waals surface area contributed by atoms with Gasteiger partial charge < -0.3 is 5.32 Å². The predicted molar refractivity (Wildman–Crippen MR) is 76.2 cm³/mol. The molecule has 3 aromatic rings. The van der Waals surface area contributed by atoms with E-state index >= 15 is 0 Å². The van der Waals surface area contributed by atoms with E-state index in [1.54, 1.807) is 16.9 Å². The molecule has 0 amide bonds. The first-order valence-electron chi connectivity index (χ1n) is 6.33. The number of rotatable bonds is 3. The smallest absolute Gasteiger partial charge is 0.152 e. The molecule has 5 nitrogen and oxygen atoms in total. The zero-order chi connectivity index (χ0) is 13.9. The van der Waals surface area contributed by atoms with Crippen LogP contribution >= 0.6 is 0 Å². The fraction of sp³-hybridized carbons (Fsp3) is 0.133. The number of fused-ring (bicyclic) bond motifs is 1. The van der Waals surface area contributed by atoms with E-state index in [1.807, 2.05) is 36.5 Å². The van der Waals surface area contributed by atoms with Gasteiger partial charge in [-0.05, 0) is 30.7 Å². The molecular weight excluding hydrogens is 250 g/mol. The van der Waals surface area contributed by atoms with Gasteiger partial charge in [-0.3, -0.25) is 0 Å². The van der Waals surface area contributed by atoms with Crippen molar-refractivity contribution in [1.29, 1.82) is 5.26 Å².